The number of aromatic nitrogens is 1. The molecule has 16 heavy (non-hydrogen) atoms. The Morgan fingerprint density at radius 1 is 1.31 bits per heavy atom. The van der Waals surface area contributed by atoms with E-state index in [1.165, 1.54) is 11.3 Å². The highest BCUT2D eigenvalue weighted by molar-refractivity contribution is 7.12. The lowest BCUT2D eigenvalue weighted by molar-refractivity contribution is 0.0995. The van der Waals surface area contributed by atoms with Gasteiger partial charge in [0.25, 0.3) is 0 Å². The lowest BCUT2D eigenvalue weighted by Gasteiger charge is -2.03. The van der Waals surface area contributed by atoms with Crippen LogP contribution in [-0.2, 0) is 6.42 Å². The molecule has 0 fully saturated rings. The first-order valence-electron chi connectivity index (χ1n) is 5.16. The lowest BCUT2D eigenvalue weighted by Crippen LogP contribution is -2.05. The first-order chi connectivity index (χ1) is 7.68. The van der Waals surface area contributed by atoms with Gasteiger partial charge in [-0.3, -0.25) is 9.78 Å². The summed E-state index contributed by atoms with van der Waals surface area (Å²) in [5, 5.41) is 1.95. The minimum atomic E-state index is 0.161. The highest BCUT2D eigenvalue weighted by atomic mass is 32.1. The standard InChI is InChI=1S/C13H13NOS/c1-9-4-3-6-14-11(9)8-12(15)13-10(2)5-7-16-13/h3-7H,8H2,1-2H3. The SMILES string of the molecule is Cc1cccnc1CC(=O)c1sccc1C. The zero-order valence-electron chi connectivity index (χ0n) is 9.36. The Kier molecular flexibility index (Phi) is 3.15. The molecule has 0 amide bonds. The third-order valence-corrected chi connectivity index (χ3v) is 3.62. The van der Waals surface area contributed by atoms with Crippen LogP contribution in [0.4, 0.5) is 0 Å². The number of Topliss-reactive ketones (excluding diaryl/α,β-unsaturated/α-hetero) is 1. The van der Waals surface area contributed by atoms with Crippen molar-refractivity contribution < 1.29 is 4.79 Å². The van der Waals surface area contributed by atoms with Crippen LogP contribution >= 0.6 is 11.3 Å². The van der Waals surface area contributed by atoms with Crippen molar-refractivity contribution >= 4 is 17.1 Å². The number of thiophene rings is 1. The highest BCUT2D eigenvalue weighted by Gasteiger charge is 2.12. The summed E-state index contributed by atoms with van der Waals surface area (Å²) in [6.45, 7) is 3.95. The van der Waals surface area contributed by atoms with Gasteiger partial charge in [-0.15, -0.1) is 11.3 Å². The number of rotatable bonds is 3. The number of hydrogen-bond acceptors (Lipinski definition) is 3. The average Bonchev–Trinajstić information content (AvgIpc) is 2.68. The molecule has 0 radical (unpaired) electrons. The largest absolute Gasteiger partial charge is 0.293 e. The minimum Gasteiger partial charge on any atom is -0.293 e. The second-order valence-electron chi connectivity index (χ2n) is 3.80. The van der Waals surface area contributed by atoms with E-state index in [-0.39, 0.29) is 5.78 Å². The normalized spacial score (nSPS) is 10.4. The van der Waals surface area contributed by atoms with Crippen LogP contribution in [0, 0.1) is 13.8 Å². The number of pyridine rings is 1. The number of carbonyl (C=O) groups excluding carboxylic acids is 1. The summed E-state index contributed by atoms with van der Waals surface area (Å²) in [4.78, 5) is 17.1. The molecule has 0 aromatic carbocycles. The Bertz CT molecular complexity index is 516. The van der Waals surface area contributed by atoms with E-state index in [0.717, 1.165) is 21.7 Å². The monoisotopic (exact) mass is 231 g/mol. The fourth-order valence-electron chi connectivity index (χ4n) is 1.59. The molecule has 0 bridgehead atoms. The second kappa shape index (κ2) is 4.58. The number of hydrogen-bond donors (Lipinski definition) is 0. The fraction of sp³-hybridized carbons (Fsp3) is 0.231. The molecule has 0 saturated heterocycles. The van der Waals surface area contributed by atoms with Gasteiger partial charge in [-0.05, 0) is 42.5 Å². The lowest BCUT2D eigenvalue weighted by atomic mass is 10.1. The molecular formula is C13H13NOS. The Morgan fingerprint density at radius 2 is 2.12 bits per heavy atom. The van der Waals surface area contributed by atoms with Crippen LogP contribution in [0.1, 0.15) is 26.5 Å². The molecule has 0 aliphatic heterocycles. The van der Waals surface area contributed by atoms with Gasteiger partial charge in [-0.25, -0.2) is 0 Å². The number of nitrogens with zero attached hydrogens (tertiary/aromatic N) is 1. The Balaban J connectivity index is 2.21. The van der Waals surface area contributed by atoms with Crippen molar-refractivity contribution in [1.82, 2.24) is 4.98 Å². The molecule has 0 aliphatic rings. The van der Waals surface area contributed by atoms with Crippen molar-refractivity contribution in [3.05, 3.63) is 51.5 Å². The van der Waals surface area contributed by atoms with Gasteiger partial charge in [-0.2, -0.15) is 0 Å². The molecule has 3 heteroatoms. The first kappa shape index (κ1) is 11.0. The molecule has 2 nitrogen and oxygen atoms in total. The summed E-state index contributed by atoms with van der Waals surface area (Å²) in [5.41, 5.74) is 3.01. The number of aryl methyl sites for hydroxylation is 2. The number of carbonyl (C=O) groups is 1. The van der Waals surface area contributed by atoms with E-state index in [9.17, 15) is 4.79 Å². The molecule has 0 atom stereocenters. The van der Waals surface area contributed by atoms with Crippen molar-refractivity contribution in [2.24, 2.45) is 0 Å². The van der Waals surface area contributed by atoms with Crippen molar-refractivity contribution in [2.45, 2.75) is 20.3 Å². The maximum Gasteiger partial charge on any atom is 0.178 e. The smallest absolute Gasteiger partial charge is 0.178 e. The van der Waals surface area contributed by atoms with Crippen LogP contribution in [0.15, 0.2) is 29.8 Å². The Morgan fingerprint density at radius 3 is 2.75 bits per heavy atom. The van der Waals surface area contributed by atoms with E-state index in [1.807, 2.05) is 37.4 Å². The van der Waals surface area contributed by atoms with Crippen LogP contribution in [0.2, 0.25) is 0 Å². The summed E-state index contributed by atoms with van der Waals surface area (Å²) in [5.74, 6) is 0.161. The van der Waals surface area contributed by atoms with Crippen molar-refractivity contribution in [3.63, 3.8) is 0 Å². The highest BCUT2D eigenvalue weighted by Crippen LogP contribution is 2.18. The zero-order valence-corrected chi connectivity index (χ0v) is 10.2. The van der Waals surface area contributed by atoms with E-state index in [0.29, 0.717) is 6.42 Å². The molecule has 2 aromatic rings. The predicted molar refractivity (Wildman–Crippen MR) is 66.1 cm³/mol. The van der Waals surface area contributed by atoms with Crippen LogP contribution in [0.5, 0.6) is 0 Å². The van der Waals surface area contributed by atoms with Crippen LogP contribution < -0.4 is 0 Å². The molecule has 0 aliphatic carbocycles. The van der Waals surface area contributed by atoms with Crippen molar-refractivity contribution in [3.8, 4) is 0 Å². The molecule has 0 N–H and O–H groups in total. The van der Waals surface area contributed by atoms with Gasteiger partial charge in [0.1, 0.15) is 0 Å². The predicted octanol–water partition coefficient (Wildman–Crippen LogP) is 3.19. The third-order valence-electron chi connectivity index (χ3n) is 2.56. The summed E-state index contributed by atoms with van der Waals surface area (Å²) < 4.78 is 0. The molecule has 0 spiro atoms. The van der Waals surface area contributed by atoms with Gasteiger partial charge >= 0.3 is 0 Å². The summed E-state index contributed by atoms with van der Waals surface area (Å²) >= 11 is 1.51. The minimum absolute atomic E-state index is 0.161. The van der Waals surface area contributed by atoms with Gasteiger partial charge in [0.15, 0.2) is 5.78 Å². The topological polar surface area (TPSA) is 30.0 Å². The third kappa shape index (κ3) is 2.19. The molecule has 2 aromatic heterocycles. The van der Waals surface area contributed by atoms with E-state index in [4.69, 9.17) is 0 Å². The van der Waals surface area contributed by atoms with Crippen LogP contribution in [0.25, 0.3) is 0 Å². The molecule has 0 saturated carbocycles. The van der Waals surface area contributed by atoms with Gasteiger partial charge in [-0.1, -0.05) is 6.07 Å². The zero-order chi connectivity index (χ0) is 11.5. The van der Waals surface area contributed by atoms with Gasteiger partial charge in [0.05, 0.1) is 17.0 Å². The fourth-order valence-corrected chi connectivity index (χ4v) is 2.46. The van der Waals surface area contributed by atoms with Crippen molar-refractivity contribution in [2.75, 3.05) is 0 Å². The van der Waals surface area contributed by atoms with Gasteiger partial charge < -0.3 is 0 Å². The molecular weight excluding hydrogens is 218 g/mol. The summed E-state index contributed by atoms with van der Waals surface area (Å²) in [6.07, 6.45) is 2.13. The Labute approximate surface area is 99.0 Å². The maximum absolute atomic E-state index is 12.0. The Hall–Kier alpha value is -1.48. The van der Waals surface area contributed by atoms with Gasteiger partial charge in [0, 0.05) is 6.20 Å². The molecule has 0 unspecified atom stereocenters. The van der Waals surface area contributed by atoms with Gasteiger partial charge in [0.2, 0.25) is 0 Å². The van der Waals surface area contributed by atoms with Crippen LogP contribution in [-0.4, -0.2) is 10.8 Å². The molecule has 2 heterocycles. The second-order valence-corrected chi connectivity index (χ2v) is 4.72. The molecule has 2 rings (SSSR count). The van der Waals surface area contributed by atoms with E-state index in [1.54, 1.807) is 6.20 Å². The molecule has 82 valence electrons. The quantitative estimate of drug-likeness (QED) is 0.759. The van der Waals surface area contributed by atoms with Crippen molar-refractivity contribution in [1.29, 1.82) is 0 Å². The number of ketones is 1. The van der Waals surface area contributed by atoms with E-state index >= 15 is 0 Å². The summed E-state index contributed by atoms with van der Waals surface area (Å²) in [7, 11) is 0. The van der Waals surface area contributed by atoms with Crippen LogP contribution in [0.3, 0.4) is 0 Å². The first-order valence-corrected chi connectivity index (χ1v) is 6.04. The van der Waals surface area contributed by atoms with E-state index < -0.39 is 0 Å². The average molecular weight is 231 g/mol. The summed E-state index contributed by atoms with van der Waals surface area (Å²) in [6, 6.07) is 5.85. The van der Waals surface area contributed by atoms with E-state index in [2.05, 4.69) is 4.98 Å². The maximum atomic E-state index is 12.0.